The van der Waals surface area contributed by atoms with Crippen molar-refractivity contribution in [1.29, 1.82) is 0 Å². The van der Waals surface area contributed by atoms with Crippen LogP contribution in [0.3, 0.4) is 0 Å². The van der Waals surface area contributed by atoms with E-state index in [0.29, 0.717) is 11.4 Å². The zero-order valence-corrected chi connectivity index (χ0v) is 14.1. The van der Waals surface area contributed by atoms with Gasteiger partial charge >= 0.3 is 0 Å². The summed E-state index contributed by atoms with van der Waals surface area (Å²) >= 11 is 0. The van der Waals surface area contributed by atoms with Crippen LogP contribution in [0.1, 0.15) is 17.5 Å². The molecule has 0 amide bonds. The van der Waals surface area contributed by atoms with E-state index in [1.165, 1.54) is 6.26 Å². The number of sulfone groups is 1. The maximum absolute atomic E-state index is 12.5. The Morgan fingerprint density at radius 1 is 1.17 bits per heavy atom. The van der Waals surface area contributed by atoms with E-state index in [9.17, 15) is 17.9 Å². The summed E-state index contributed by atoms with van der Waals surface area (Å²) < 4.78 is 34.8. The Kier molecular flexibility index (Phi) is 5.98. The van der Waals surface area contributed by atoms with Crippen LogP contribution in [0.15, 0.2) is 36.7 Å². The van der Waals surface area contributed by atoms with E-state index < -0.39 is 28.7 Å². The van der Waals surface area contributed by atoms with Crippen LogP contribution in [0.4, 0.5) is 4.39 Å². The van der Waals surface area contributed by atoms with Gasteiger partial charge in [0.25, 0.3) is 0 Å². The standard InChI is InChI=1S/C16H20FN3O3S/c1-24(22,23)7-6-15-19-9-13(10-20-15)11-2-4-12(5-3-11)16(21)14(18)8-17/h2-5,9-10,14,16,21H,6-8,18H2,1H3/t14-,16-/m1/s1. The number of aromatic nitrogens is 2. The fourth-order valence-corrected chi connectivity index (χ4v) is 2.67. The Hall–Kier alpha value is -1.90. The van der Waals surface area contributed by atoms with Gasteiger partial charge in [-0.15, -0.1) is 0 Å². The van der Waals surface area contributed by atoms with Gasteiger partial charge in [0.05, 0.1) is 17.9 Å². The van der Waals surface area contributed by atoms with Crippen LogP contribution in [-0.4, -0.2) is 48.2 Å². The molecule has 6 nitrogen and oxygen atoms in total. The molecule has 0 aliphatic rings. The van der Waals surface area contributed by atoms with E-state index in [1.54, 1.807) is 36.7 Å². The fourth-order valence-electron chi connectivity index (χ4n) is 2.11. The number of nitrogens with two attached hydrogens (primary N) is 1. The molecule has 8 heteroatoms. The van der Waals surface area contributed by atoms with Crippen LogP contribution in [0.2, 0.25) is 0 Å². The zero-order chi connectivity index (χ0) is 17.7. The van der Waals surface area contributed by atoms with Crippen molar-refractivity contribution in [1.82, 2.24) is 9.97 Å². The molecule has 0 aliphatic carbocycles. The average molecular weight is 353 g/mol. The van der Waals surface area contributed by atoms with Crippen molar-refractivity contribution in [3.8, 4) is 11.1 Å². The number of aryl methyl sites for hydroxylation is 1. The first-order valence-electron chi connectivity index (χ1n) is 7.39. The number of rotatable bonds is 7. The maximum Gasteiger partial charge on any atom is 0.147 e. The molecule has 3 N–H and O–H groups in total. The number of nitrogens with zero attached hydrogens (tertiary/aromatic N) is 2. The number of aliphatic hydroxyl groups excluding tert-OH is 1. The van der Waals surface area contributed by atoms with Gasteiger partial charge in [-0.3, -0.25) is 0 Å². The SMILES string of the molecule is CS(=O)(=O)CCc1ncc(-c2ccc([C@@H](O)[C@H](N)CF)cc2)cn1. The predicted molar refractivity (Wildman–Crippen MR) is 89.8 cm³/mol. The lowest BCUT2D eigenvalue weighted by atomic mass is 10.0. The summed E-state index contributed by atoms with van der Waals surface area (Å²) in [6, 6.07) is 5.92. The molecular weight excluding hydrogens is 333 g/mol. The van der Waals surface area contributed by atoms with Crippen molar-refractivity contribution in [2.75, 3.05) is 18.7 Å². The molecule has 0 saturated carbocycles. The molecule has 24 heavy (non-hydrogen) atoms. The van der Waals surface area contributed by atoms with Gasteiger partial charge in [0.15, 0.2) is 0 Å². The van der Waals surface area contributed by atoms with Crippen molar-refractivity contribution in [3.05, 3.63) is 48.0 Å². The first kappa shape index (κ1) is 18.4. The minimum atomic E-state index is -3.05. The largest absolute Gasteiger partial charge is 0.387 e. The van der Waals surface area contributed by atoms with E-state index >= 15 is 0 Å². The lowest BCUT2D eigenvalue weighted by Gasteiger charge is -2.16. The first-order valence-corrected chi connectivity index (χ1v) is 9.45. The lowest BCUT2D eigenvalue weighted by Crippen LogP contribution is -2.30. The van der Waals surface area contributed by atoms with Crippen LogP contribution in [0, 0.1) is 0 Å². The molecule has 2 aromatic rings. The molecule has 0 saturated heterocycles. The van der Waals surface area contributed by atoms with Crippen LogP contribution >= 0.6 is 0 Å². The molecule has 0 unspecified atom stereocenters. The molecule has 2 rings (SSSR count). The summed E-state index contributed by atoms with van der Waals surface area (Å²) in [5.74, 6) is 0.471. The topological polar surface area (TPSA) is 106 Å². The second-order valence-electron chi connectivity index (χ2n) is 5.65. The molecule has 0 aliphatic heterocycles. The number of halogens is 1. The van der Waals surface area contributed by atoms with E-state index in [0.717, 1.165) is 11.1 Å². The summed E-state index contributed by atoms with van der Waals surface area (Å²) in [7, 11) is -3.05. The van der Waals surface area contributed by atoms with E-state index in [2.05, 4.69) is 9.97 Å². The third-order valence-electron chi connectivity index (χ3n) is 3.57. The number of hydrogen-bond donors (Lipinski definition) is 2. The third kappa shape index (κ3) is 5.05. The van der Waals surface area contributed by atoms with Crippen molar-refractivity contribution >= 4 is 9.84 Å². The summed E-state index contributed by atoms with van der Waals surface area (Å²) in [5.41, 5.74) is 7.61. The molecule has 0 radical (unpaired) electrons. The number of alkyl halides is 1. The summed E-state index contributed by atoms with van der Waals surface area (Å²) in [4.78, 5) is 8.33. The Balaban J connectivity index is 2.09. The van der Waals surface area contributed by atoms with Gasteiger partial charge in [-0.1, -0.05) is 24.3 Å². The maximum atomic E-state index is 12.5. The van der Waals surface area contributed by atoms with Crippen LogP contribution < -0.4 is 5.73 Å². The third-order valence-corrected chi connectivity index (χ3v) is 4.52. The Bertz CT molecular complexity index is 764. The second kappa shape index (κ2) is 7.78. The van der Waals surface area contributed by atoms with Gasteiger partial charge in [-0.05, 0) is 11.1 Å². The average Bonchev–Trinajstić information content (AvgIpc) is 2.58. The lowest BCUT2D eigenvalue weighted by molar-refractivity contribution is 0.132. The van der Waals surface area contributed by atoms with Crippen molar-refractivity contribution < 1.29 is 17.9 Å². The number of hydrogen-bond acceptors (Lipinski definition) is 6. The normalized spacial score (nSPS) is 14.3. The number of aliphatic hydroxyl groups is 1. The summed E-state index contributed by atoms with van der Waals surface area (Å²) in [5, 5.41) is 9.87. The molecule has 1 aromatic heterocycles. The van der Waals surface area contributed by atoms with Gasteiger partial charge in [-0.25, -0.2) is 22.8 Å². The minimum Gasteiger partial charge on any atom is -0.387 e. The highest BCUT2D eigenvalue weighted by atomic mass is 32.2. The van der Waals surface area contributed by atoms with Gasteiger partial charge in [0, 0.05) is 30.6 Å². The molecule has 0 bridgehead atoms. The Labute approximate surface area is 140 Å². The first-order chi connectivity index (χ1) is 11.3. The minimum absolute atomic E-state index is 0.00770. The van der Waals surface area contributed by atoms with Gasteiger partial charge < -0.3 is 10.8 Å². The predicted octanol–water partition coefficient (Wildman–Crippen LogP) is 1.06. The second-order valence-corrected chi connectivity index (χ2v) is 7.91. The van der Waals surface area contributed by atoms with Crippen molar-refractivity contribution in [3.63, 3.8) is 0 Å². The van der Waals surface area contributed by atoms with Crippen molar-refractivity contribution in [2.24, 2.45) is 5.73 Å². The molecule has 0 fully saturated rings. The Morgan fingerprint density at radius 3 is 2.25 bits per heavy atom. The smallest absolute Gasteiger partial charge is 0.147 e. The summed E-state index contributed by atoms with van der Waals surface area (Å²) in [6.07, 6.45) is 3.61. The van der Waals surface area contributed by atoms with Crippen LogP contribution in [0.25, 0.3) is 11.1 Å². The molecule has 0 spiro atoms. The van der Waals surface area contributed by atoms with Gasteiger partial charge in [0.1, 0.15) is 22.3 Å². The highest BCUT2D eigenvalue weighted by Crippen LogP contribution is 2.22. The highest BCUT2D eigenvalue weighted by molar-refractivity contribution is 7.90. The molecular formula is C16H20FN3O3S. The molecule has 1 aromatic carbocycles. The highest BCUT2D eigenvalue weighted by Gasteiger charge is 2.16. The van der Waals surface area contributed by atoms with Crippen LogP contribution in [-0.2, 0) is 16.3 Å². The summed E-state index contributed by atoms with van der Waals surface area (Å²) in [6.45, 7) is -0.800. The van der Waals surface area contributed by atoms with Crippen molar-refractivity contribution in [2.45, 2.75) is 18.6 Å². The van der Waals surface area contributed by atoms with E-state index in [4.69, 9.17) is 5.73 Å². The van der Waals surface area contributed by atoms with E-state index in [1.807, 2.05) is 0 Å². The number of benzene rings is 1. The quantitative estimate of drug-likeness (QED) is 0.771. The zero-order valence-electron chi connectivity index (χ0n) is 13.3. The monoisotopic (exact) mass is 353 g/mol. The molecule has 130 valence electrons. The van der Waals surface area contributed by atoms with E-state index in [-0.39, 0.29) is 12.2 Å². The van der Waals surface area contributed by atoms with Gasteiger partial charge in [-0.2, -0.15) is 0 Å². The molecule has 2 atom stereocenters. The Morgan fingerprint density at radius 2 is 1.75 bits per heavy atom. The van der Waals surface area contributed by atoms with Crippen LogP contribution in [0.5, 0.6) is 0 Å². The fraction of sp³-hybridized carbons (Fsp3) is 0.375. The molecule has 1 heterocycles. The van der Waals surface area contributed by atoms with Gasteiger partial charge in [0.2, 0.25) is 0 Å².